The van der Waals surface area contributed by atoms with E-state index in [9.17, 15) is 4.79 Å². The molecule has 1 heterocycles. The second-order valence-electron chi connectivity index (χ2n) is 8.13. The normalized spacial score (nSPS) is 20.3. The molecular weight excluding hydrogens is 352 g/mol. The van der Waals surface area contributed by atoms with Crippen molar-refractivity contribution in [2.24, 2.45) is 17.3 Å². The highest BCUT2D eigenvalue weighted by molar-refractivity contribution is 7.21. The van der Waals surface area contributed by atoms with Crippen LogP contribution >= 0.6 is 11.3 Å². The summed E-state index contributed by atoms with van der Waals surface area (Å²) >= 11 is 1.67. The van der Waals surface area contributed by atoms with Crippen molar-refractivity contribution >= 4 is 33.1 Å². The van der Waals surface area contributed by atoms with E-state index in [1.165, 1.54) is 10.3 Å². The average Bonchev–Trinajstić information content (AvgIpc) is 2.97. The van der Waals surface area contributed by atoms with E-state index in [1.54, 1.807) is 11.3 Å². The van der Waals surface area contributed by atoms with Crippen LogP contribution in [0.3, 0.4) is 0 Å². The molecule has 3 nitrogen and oxygen atoms in total. The number of nitrogens with zero attached hydrogens (tertiary/aromatic N) is 1. The molecule has 2 aromatic carbocycles. The van der Waals surface area contributed by atoms with Crippen molar-refractivity contribution in [1.29, 1.82) is 0 Å². The van der Waals surface area contributed by atoms with E-state index in [0.717, 1.165) is 21.8 Å². The lowest BCUT2D eigenvalue weighted by molar-refractivity contribution is -0.118. The largest absolute Gasteiger partial charge is 0.326 e. The molecule has 2 atom stereocenters. The van der Waals surface area contributed by atoms with Crippen molar-refractivity contribution in [2.45, 2.75) is 27.7 Å². The Balaban J connectivity index is 1.55. The highest BCUT2D eigenvalue weighted by atomic mass is 32.1. The Bertz CT molecular complexity index is 1010. The van der Waals surface area contributed by atoms with Gasteiger partial charge in [0.2, 0.25) is 5.91 Å². The van der Waals surface area contributed by atoms with Gasteiger partial charge in [0.15, 0.2) is 0 Å². The molecule has 0 spiro atoms. The second kappa shape index (κ2) is 6.61. The van der Waals surface area contributed by atoms with Crippen LogP contribution in [0, 0.1) is 17.3 Å². The minimum atomic E-state index is 0.0198. The number of carbonyl (C=O) groups excluding carboxylic acids is 1. The van der Waals surface area contributed by atoms with Gasteiger partial charge in [0.25, 0.3) is 0 Å². The number of hydrogen-bond donors (Lipinski definition) is 1. The number of amides is 1. The zero-order chi connectivity index (χ0) is 19.2. The summed E-state index contributed by atoms with van der Waals surface area (Å²) in [7, 11) is 0. The summed E-state index contributed by atoms with van der Waals surface area (Å²) < 4.78 is 1.17. The molecule has 0 saturated heterocycles. The monoisotopic (exact) mass is 376 g/mol. The van der Waals surface area contributed by atoms with Gasteiger partial charge in [-0.1, -0.05) is 49.8 Å². The van der Waals surface area contributed by atoms with Crippen molar-refractivity contribution in [3.8, 4) is 10.6 Å². The molecular formula is C23H24N2OS. The van der Waals surface area contributed by atoms with Gasteiger partial charge in [-0.15, -0.1) is 11.3 Å². The van der Waals surface area contributed by atoms with Crippen LogP contribution in [0.2, 0.25) is 0 Å². The lowest BCUT2D eigenvalue weighted by Crippen LogP contribution is -2.16. The highest BCUT2D eigenvalue weighted by Crippen LogP contribution is 2.59. The summed E-state index contributed by atoms with van der Waals surface area (Å²) in [5.74, 6) is 0.442. The molecule has 3 aromatic rings. The molecule has 0 aliphatic heterocycles. The van der Waals surface area contributed by atoms with Gasteiger partial charge in [0, 0.05) is 11.3 Å². The van der Waals surface area contributed by atoms with Gasteiger partial charge in [0.05, 0.1) is 16.1 Å². The molecule has 1 aliphatic carbocycles. The van der Waals surface area contributed by atoms with Crippen LogP contribution < -0.4 is 5.32 Å². The maximum absolute atomic E-state index is 12.8. The molecule has 138 valence electrons. The molecule has 2 unspecified atom stereocenters. The number of anilines is 1. The SMILES string of the molecule is CC(C)=CC1C(C(=O)Nc2cccc(-c3nc4ccccc4s3)c2)C1(C)C. The van der Waals surface area contributed by atoms with E-state index >= 15 is 0 Å². The summed E-state index contributed by atoms with van der Waals surface area (Å²) in [6, 6.07) is 16.1. The minimum absolute atomic E-state index is 0.0198. The number of carbonyl (C=O) groups is 1. The Morgan fingerprint density at radius 3 is 2.67 bits per heavy atom. The Kier molecular flexibility index (Phi) is 4.39. The smallest absolute Gasteiger partial charge is 0.228 e. The molecule has 1 saturated carbocycles. The van der Waals surface area contributed by atoms with E-state index < -0.39 is 0 Å². The van der Waals surface area contributed by atoms with Crippen molar-refractivity contribution in [3.63, 3.8) is 0 Å². The third-order valence-corrected chi connectivity index (χ3v) is 6.46. The molecule has 1 fully saturated rings. The van der Waals surface area contributed by atoms with Gasteiger partial charge >= 0.3 is 0 Å². The Hall–Kier alpha value is -2.46. The van der Waals surface area contributed by atoms with Gasteiger partial charge in [-0.2, -0.15) is 0 Å². The molecule has 1 aliphatic rings. The van der Waals surface area contributed by atoms with Gasteiger partial charge in [-0.05, 0) is 49.4 Å². The van der Waals surface area contributed by atoms with Crippen molar-refractivity contribution in [1.82, 2.24) is 4.98 Å². The van der Waals surface area contributed by atoms with Gasteiger partial charge < -0.3 is 5.32 Å². The molecule has 0 radical (unpaired) electrons. The molecule has 1 N–H and O–H groups in total. The number of nitrogens with one attached hydrogen (secondary N) is 1. The average molecular weight is 377 g/mol. The molecule has 4 rings (SSSR count). The number of rotatable bonds is 4. The maximum atomic E-state index is 12.8. The van der Waals surface area contributed by atoms with Crippen LogP contribution in [0.25, 0.3) is 20.8 Å². The molecule has 1 amide bonds. The number of thiazole rings is 1. The lowest BCUT2D eigenvalue weighted by Gasteiger charge is -2.07. The summed E-state index contributed by atoms with van der Waals surface area (Å²) in [4.78, 5) is 17.5. The number of allylic oxidation sites excluding steroid dienone is 2. The maximum Gasteiger partial charge on any atom is 0.228 e. The zero-order valence-electron chi connectivity index (χ0n) is 16.1. The molecule has 27 heavy (non-hydrogen) atoms. The van der Waals surface area contributed by atoms with Gasteiger partial charge in [-0.25, -0.2) is 4.98 Å². The summed E-state index contributed by atoms with van der Waals surface area (Å²) in [5, 5.41) is 4.09. The van der Waals surface area contributed by atoms with E-state index in [1.807, 2.05) is 42.5 Å². The van der Waals surface area contributed by atoms with Gasteiger partial charge in [0.1, 0.15) is 5.01 Å². The molecule has 1 aromatic heterocycles. The minimum Gasteiger partial charge on any atom is -0.326 e. The summed E-state index contributed by atoms with van der Waals surface area (Å²) in [5.41, 5.74) is 4.16. The third-order valence-electron chi connectivity index (χ3n) is 5.38. The topological polar surface area (TPSA) is 42.0 Å². The van der Waals surface area contributed by atoms with Crippen LogP contribution in [0.5, 0.6) is 0 Å². The second-order valence-corrected chi connectivity index (χ2v) is 9.16. The summed E-state index contributed by atoms with van der Waals surface area (Å²) in [6.07, 6.45) is 2.22. The van der Waals surface area contributed by atoms with Crippen LogP contribution in [-0.4, -0.2) is 10.9 Å². The van der Waals surface area contributed by atoms with E-state index in [0.29, 0.717) is 5.92 Å². The van der Waals surface area contributed by atoms with Crippen LogP contribution in [0.15, 0.2) is 60.2 Å². The quantitative estimate of drug-likeness (QED) is 0.556. The lowest BCUT2D eigenvalue weighted by atomic mass is 10.1. The first-order valence-corrected chi connectivity index (χ1v) is 10.1. The predicted octanol–water partition coefficient (Wildman–Crippen LogP) is 6.14. The van der Waals surface area contributed by atoms with Crippen LogP contribution in [0.1, 0.15) is 27.7 Å². The number of para-hydroxylation sites is 1. The Morgan fingerprint density at radius 2 is 1.93 bits per heavy atom. The van der Waals surface area contributed by atoms with Crippen molar-refractivity contribution < 1.29 is 4.79 Å². The van der Waals surface area contributed by atoms with Crippen LogP contribution in [0.4, 0.5) is 5.69 Å². The number of hydrogen-bond acceptors (Lipinski definition) is 3. The Labute approximate surface area is 164 Å². The van der Waals surface area contributed by atoms with E-state index in [4.69, 9.17) is 4.98 Å². The van der Waals surface area contributed by atoms with E-state index in [2.05, 4.69) is 45.2 Å². The van der Waals surface area contributed by atoms with Gasteiger partial charge in [-0.3, -0.25) is 4.79 Å². The van der Waals surface area contributed by atoms with Crippen LogP contribution in [-0.2, 0) is 4.79 Å². The van der Waals surface area contributed by atoms with E-state index in [-0.39, 0.29) is 17.2 Å². The number of aromatic nitrogens is 1. The highest BCUT2D eigenvalue weighted by Gasteiger charge is 2.60. The number of fused-ring (bicyclic) bond motifs is 1. The standard InChI is InChI=1S/C23H24N2OS/c1-14(2)12-17-20(23(17,3)4)21(26)24-16-9-7-8-15(13-16)22-25-18-10-5-6-11-19(18)27-22/h5-13,17,20H,1-4H3,(H,24,26). The van der Waals surface area contributed by atoms with Crippen molar-refractivity contribution in [2.75, 3.05) is 5.32 Å². The first kappa shape index (κ1) is 17.9. The molecule has 0 bridgehead atoms. The number of benzene rings is 2. The third kappa shape index (κ3) is 3.42. The fourth-order valence-corrected chi connectivity index (χ4v) is 4.76. The predicted molar refractivity (Wildman–Crippen MR) is 114 cm³/mol. The summed E-state index contributed by atoms with van der Waals surface area (Å²) in [6.45, 7) is 8.51. The van der Waals surface area contributed by atoms with Crippen molar-refractivity contribution in [3.05, 3.63) is 60.2 Å². The first-order valence-electron chi connectivity index (χ1n) is 9.28. The fourth-order valence-electron chi connectivity index (χ4n) is 3.79. The molecule has 4 heteroatoms. The Morgan fingerprint density at radius 1 is 1.15 bits per heavy atom. The fraction of sp³-hybridized carbons (Fsp3) is 0.304. The zero-order valence-corrected chi connectivity index (χ0v) is 16.9. The first-order chi connectivity index (χ1) is 12.9.